The maximum absolute atomic E-state index is 5.51. The minimum atomic E-state index is 0.761. The van der Waals surface area contributed by atoms with Gasteiger partial charge in [0, 0.05) is 35.0 Å². The summed E-state index contributed by atoms with van der Waals surface area (Å²) in [5.74, 6) is 1.56. The van der Waals surface area contributed by atoms with Crippen molar-refractivity contribution in [2.75, 3.05) is 21.3 Å². The Kier molecular flexibility index (Phi) is 5.50. The number of thiophene rings is 1. The molecule has 0 aliphatic rings. The Labute approximate surface area is 150 Å². The van der Waals surface area contributed by atoms with Crippen molar-refractivity contribution in [3.05, 3.63) is 51.7 Å². The van der Waals surface area contributed by atoms with Crippen LogP contribution in [0.15, 0.2) is 40.4 Å². The first-order chi connectivity index (χ1) is 11.7. The Morgan fingerprint density at radius 2 is 1.96 bits per heavy atom. The van der Waals surface area contributed by atoms with Crippen molar-refractivity contribution in [3.63, 3.8) is 0 Å². The van der Waals surface area contributed by atoms with Gasteiger partial charge in [-0.25, -0.2) is 4.98 Å². The van der Waals surface area contributed by atoms with Gasteiger partial charge in [-0.2, -0.15) is 11.3 Å². The summed E-state index contributed by atoms with van der Waals surface area (Å²) in [6.45, 7) is 1.56. The molecule has 0 bridgehead atoms. The van der Waals surface area contributed by atoms with E-state index >= 15 is 0 Å². The first-order valence-corrected chi connectivity index (χ1v) is 9.39. The number of aromatic nitrogens is 1. The summed E-state index contributed by atoms with van der Waals surface area (Å²) in [4.78, 5) is 6.96. The second-order valence-corrected chi connectivity index (χ2v) is 7.12. The van der Waals surface area contributed by atoms with E-state index < -0.39 is 0 Å². The molecule has 24 heavy (non-hydrogen) atoms. The van der Waals surface area contributed by atoms with Crippen molar-refractivity contribution in [2.45, 2.75) is 13.1 Å². The van der Waals surface area contributed by atoms with E-state index in [0.717, 1.165) is 40.9 Å². The fraction of sp³-hybridized carbons (Fsp3) is 0.278. The van der Waals surface area contributed by atoms with Crippen LogP contribution in [0.4, 0.5) is 0 Å². The smallest absolute Gasteiger partial charge is 0.165 e. The summed E-state index contributed by atoms with van der Waals surface area (Å²) in [5.41, 5.74) is 3.39. The normalized spacial score (nSPS) is 11.0. The van der Waals surface area contributed by atoms with Crippen LogP contribution >= 0.6 is 22.7 Å². The van der Waals surface area contributed by atoms with Gasteiger partial charge in [0.1, 0.15) is 5.01 Å². The number of ether oxygens (including phenoxy) is 2. The third kappa shape index (κ3) is 3.77. The van der Waals surface area contributed by atoms with Gasteiger partial charge in [-0.05, 0) is 24.6 Å². The lowest BCUT2D eigenvalue weighted by Gasteiger charge is -2.18. The van der Waals surface area contributed by atoms with E-state index in [9.17, 15) is 0 Å². The first-order valence-electron chi connectivity index (χ1n) is 7.56. The van der Waals surface area contributed by atoms with Crippen LogP contribution in [0.5, 0.6) is 11.5 Å². The van der Waals surface area contributed by atoms with Gasteiger partial charge in [-0.3, -0.25) is 4.90 Å². The van der Waals surface area contributed by atoms with Crippen molar-refractivity contribution in [1.29, 1.82) is 0 Å². The van der Waals surface area contributed by atoms with Crippen molar-refractivity contribution in [1.82, 2.24) is 9.88 Å². The summed E-state index contributed by atoms with van der Waals surface area (Å²) in [7, 11) is 5.42. The predicted molar refractivity (Wildman–Crippen MR) is 100 cm³/mol. The van der Waals surface area contributed by atoms with E-state index in [1.807, 2.05) is 12.1 Å². The largest absolute Gasteiger partial charge is 0.493 e. The fourth-order valence-corrected chi connectivity index (χ4v) is 4.12. The molecule has 0 aliphatic carbocycles. The molecule has 0 radical (unpaired) electrons. The van der Waals surface area contributed by atoms with Crippen LogP contribution in [-0.2, 0) is 13.1 Å². The predicted octanol–water partition coefficient (Wildman–Crippen LogP) is 4.52. The SMILES string of the molecule is COc1cccc(CN(C)Cc2csc(-c3ccsc3)n2)c1OC. The molecule has 0 N–H and O–H groups in total. The molecule has 126 valence electrons. The van der Waals surface area contributed by atoms with Crippen molar-refractivity contribution in [2.24, 2.45) is 0 Å². The van der Waals surface area contributed by atoms with Crippen LogP contribution in [0.2, 0.25) is 0 Å². The Morgan fingerprint density at radius 1 is 1.08 bits per heavy atom. The molecule has 0 amide bonds. The monoisotopic (exact) mass is 360 g/mol. The number of methoxy groups -OCH3 is 2. The third-order valence-electron chi connectivity index (χ3n) is 3.68. The van der Waals surface area contributed by atoms with Crippen molar-refractivity contribution in [3.8, 4) is 22.1 Å². The second-order valence-electron chi connectivity index (χ2n) is 5.48. The Hall–Kier alpha value is -1.89. The summed E-state index contributed by atoms with van der Waals surface area (Å²) < 4.78 is 10.9. The first kappa shape index (κ1) is 17.0. The van der Waals surface area contributed by atoms with Gasteiger partial charge in [0.05, 0.1) is 19.9 Å². The lowest BCUT2D eigenvalue weighted by molar-refractivity contribution is 0.301. The quantitative estimate of drug-likeness (QED) is 0.620. The van der Waals surface area contributed by atoms with Crippen molar-refractivity contribution < 1.29 is 9.47 Å². The molecule has 6 heteroatoms. The topological polar surface area (TPSA) is 34.6 Å². The summed E-state index contributed by atoms with van der Waals surface area (Å²) in [6, 6.07) is 8.08. The van der Waals surface area contributed by atoms with Gasteiger partial charge in [-0.1, -0.05) is 12.1 Å². The molecule has 2 aromatic heterocycles. The highest BCUT2D eigenvalue weighted by molar-refractivity contribution is 7.14. The average molecular weight is 361 g/mol. The zero-order valence-electron chi connectivity index (χ0n) is 14.0. The highest BCUT2D eigenvalue weighted by Gasteiger charge is 2.13. The van der Waals surface area contributed by atoms with E-state index in [2.05, 4.69) is 40.2 Å². The number of hydrogen-bond donors (Lipinski definition) is 0. The molecule has 3 aromatic rings. The highest BCUT2D eigenvalue weighted by Crippen LogP contribution is 2.32. The molecule has 0 aliphatic heterocycles. The molecule has 0 fully saturated rings. The Bertz CT molecular complexity index is 784. The molecule has 3 rings (SSSR count). The van der Waals surface area contributed by atoms with Crippen LogP contribution in [0.1, 0.15) is 11.3 Å². The number of para-hydroxylation sites is 1. The van der Waals surface area contributed by atoms with Crippen LogP contribution in [0, 0.1) is 0 Å². The average Bonchev–Trinajstić information content (AvgIpc) is 3.25. The lowest BCUT2D eigenvalue weighted by atomic mass is 10.1. The molecule has 0 atom stereocenters. The number of hydrogen-bond acceptors (Lipinski definition) is 6. The number of thiazole rings is 1. The summed E-state index contributed by atoms with van der Waals surface area (Å²) in [5, 5.41) is 7.43. The van der Waals surface area contributed by atoms with Gasteiger partial charge in [0.25, 0.3) is 0 Å². The Balaban J connectivity index is 1.69. The molecule has 4 nitrogen and oxygen atoms in total. The maximum atomic E-state index is 5.51. The number of rotatable bonds is 7. The summed E-state index contributed by atoms with van der Waals surface area (Å²) in [6.07, 6.45) is 0. The van der Waals surface area contributed by atoms with Gasteiger partial charge in [0.2, 0.25) is 0 Å². The van der Waals surface area contributed by atoms with E-state index in [4.69, 9.17) is 14.5 Å². The highest BCUT2D eigenvalue weighted by atomic mass is 32.1. The van der Waals surface area contributed by atoms with E-state index in [1.54, 1.807) is 36.9 Å². The van der Waals surface area contributed by atoms with E-state index in [0.29, 0.717) is 0 Å². The lowest BCUT2D eigenvalue weighted by Crippen LogP contribution is -2.18. The molecular weight excluding hydrogens is 340 g/mol. The van der Waals surface area contributed by atoms with Crippen molar-refractivity contribution >= 4 is 22.7 Å². The molecule has 0 saturated carbocycles. The van der Waals surface area contributed by atoms with Gasteiger partial charge in [0.15, 0.2) is 11.5 Å². The third-order valence-corrected chi connectivity index (χ3v) is 5.30. The summed E-state index contributed by atoms with van der Waals surface area (Å²) >= 11 is 3.39. The molecule has 0 unspecified atom stereocenters. The maximum Gasteiger partial charge on any atom is 0.165 e. The standard InChI is InChI=1S/C18H20N2O2S2/c1-20(9-13-5-4-6-16(21-2)17(13)22-3)10-15-12-24-18(19-15)14-7-8-23-11-14/h4-8,11-12H,9-10H2,1-3H3. The number of benzene rings is 1. The minimum absolute atomic E-state index is 0.761. The zero-order chi connectivity index (χ0) is 16.9. The molecule has 0 spiro atoms. The van der Waals surface area contributed by atoms with E-state index in [-0.39, 0.29) is 0 Å². The van der Waals surface area contributed by atoms with Crippen LogP contribution in [0.25, 0.3) is 10.6 Å². The molecular formula is C18H20N2O2S2. The molecule has 1 aromatic carbocycles. The van der Waals surface area contributed by atoms with Gasteiger partial charge < -0.3 is 9.47 Å². The minimum Gasteiger partial charge on any atom is -0.493 e. The fourth-order valence-electron chi connectivity index (χ4n) is 2.60. The van der Waals surface area contributed by atoms with Crippen LogP contribution in [0.3, 0.4) is 0 Å². The van der Waals surface area contributed by atoms with Crippen LogP contribution in [-0.4, -0.2) is 31.2 Å². The second kappa shape index (κ2) is 7.79. The van der Waals surface area contributed by atoms with E-state index in [1.165, 1.54) is 5.56 Å². The van der Waals surface area contributed by atoms with Gasteiger partial charge >= 0.3 is 0 Å². The zero-order valence-corrected chi connectivity index (χ0v) is 15.6. The van der Waals surface area contributed by atoms with Crippen LogP contribution < -0.4 is 9.47 Å². The van der Waals surface area contributed by atoms with Gasteiger partial charge in [-0.15, -0.1) is 11.3 Å². The Morgan fingerprint density at radius 3 is 2.67 bits per heavy atom. The molecule has 2 heterocycles. The molecule has 0 saturated heterocycles. The number of nitrogens with zero attached hydrogens (tertiary/aromatic N) is 2.